The molecule has 2 fully saturated rings. The highest BCUT2D eigenvalue weighted by molar-refractivity contribution is 7.89. The Morgan fingerprint density at radius 1 is 1.14 bits per heavy atom. The molecule has 1 aromatic rings. The van der Waals surface area contributed by atoms with Crippen molar-refractivity contribution in [2.24, 2.45) is 0 Å². The van der Waals surface area contributed by atoms with Gasteiger partial charge in [0.1, 0.15) is 0 Å². The van der Waals surface area contributed by atoms with Crippen molar-refractivity contribution in [3.05, 3.63) is 29.3 Å². The molecule has 0 unspecified atom stereocenters. The molecule has 3 rings (SSSR count). The van der Waals surface area contributed by atoms with Crippen LogP contribution in [0.5, 0.6) is 0 Å². The van der Waals surface area contributed by atoms with Crippen molar-refractivity contribution < 1.29 is 18.1 Å². The van der Waals surface area contributed by atoms with E-state index in [1.54, 1.807) is 24.3 Å². The third-order valence-electron chi connectivity index (χ3n) is 6.27. The van der Waals surface area contributed by atoms with Crippen molar-refractivity contribution >= 4 is 27.5 Å². The average Bonchev–Trinajstić information content (AvgIpc) is 2.73. The smallest absolute Gasteiger partial charge is 0.280 e. The fourth-order valence-electron chi connectivity index (χ4n) is 4.33. The summed E-state index contributed by atoms with van der Waals surface area (Å²) in [7, 11) is -1.59. The number of hydrogen-bond acceptors (Lipinski definition) is 3. The van der Waals surface area contributed by atoms with E-state index < -0.39 is 10.0 Å². The average molecular weight is 429 g/mol. The monoisotopic (exact) mass is 428 g/mol. The number of carbonyl (C=O) groups excluding carboxylic acids is 1. The summed E-state index contributed by atoms with van der Waals surface area (Å²) in [6.45, 7) is 4.09. The number of benzene rings is 1. The van der Waals surface area contributed by atoms with Crippen LogP contribution < -0.4 is 4.90 Å². The maximum Gasteiger partial charge on any atom is 0.280 e. The van der Waals surface area contributed by atoms with Crippen LogP contribution >= 0.6 is 11.6 Å². The lowest BCUT2D eigenvalue weighted by Crippen LogP contribution is -3.19. The van der Waals surface area contributed by atoms with Crippen LogP contribution in [0.25, 0.3) is 0 Å². The van der Waals surface area contributed by atoms with Gasteiger partial charge >= 0.3 is 0 Å². The van der Waals surface area contributed by atoms with Crippen molar-refractivity contribution in [1.29, 1.82) is 0 Å². The zero-order valence-corrected chi connectivity index (χ0v) is 18.3. The van der Waals surface area contributed by atoms with Crippen LogP contribution in [0, 0.1) is 0 Å². The molecule has 156 valence electrons. The molecule has 8 heteroatoms. The summed E-state index contributed by atoms with van der Waals surface area (Å²) in [6, 6.07) is 6.49. The van der Waals surface area contributed by atoms with Crippen LogP contribution in [0.1, 0.15) is 39.0 Å². The van der Waals surface area contributed by atoms with Gasteiger partial charge in [0, 0.05) is 18.1 Å². The van der Waals surface area contributed by atoms with Gasteiger partial charge in [0.2, 0.25) is 10.0 Å². The number of nitrogens with one attached hydrogen (secondary N) is 1. The first-order chi connectivity index (χ1) is 13.3. The summed E-state index contributed by atoms with van der Waals surface area (Å²) in [4.78, 5) is 16.3. The van der Waals surface area contributed by atoms with Gasteiger partial charge in [-0.1, -0.05) is 30.9 Å². The normalized spacial score (nSPS) is 21.4. The van der Waals surface area contributed by atoms with Crippen molar-refractivity contribution in [3.63, 3.8) is 0 Å². The highest BCUT2D eigenvalue weighted by atomic mass is 35.5. The second kappa shape index (κ2) is 9.11. The summed E-state index contributed by atoms with van der Waals surface area (Å²) < 4.78 is 27.2. The highest BCUT2D eigenvalue weighted by Crippen LogP contribution is 2.22. The molecule has 0 bridgehead atoms. The SMILES string of the molecule is C[C@@H](C(=O)N(C)C1CCCCC1)[NH+]1CCN(S(=O)(=O)c2ccc(Cl)cc2)CC1. The third kappa shape index (κ3) is 4.70. The van der Waals surface area contributed by atoms with E-state index in [2.05, 4.69) is 0 Å². The van der Waals surface area contributed by atoms with Gasteiger partial charge in [0.05, 0.1) is 31.1 Å². The van der Waals surface area contributed by atoms with E-state index in [0.29, 0.717) is 37.2 Å². The van der Waals surface area contributed by atoms with Gasteiger partial charge in [0.15, 0.2) is 6.04 Å². The number of carbonyl (C=O) groups is 1. The summed E-state index contributed by atoms with van der Waals surface area (Å²) in [5, 5.41) is 0.516. The molecule has 1 atom stereocenters. The zero-order chi connectivity index (χ0) is 20.3. The Labute approximate surface area is 173 Å². The Bertz CT molecular complexity index is 770. The third-order valence-corrected chi connectivity index (χ3v) is 8.43. The molecule has 1 amide bonds. The van der Waals surface area contributed by atoms with Crippen molar-refractivity contribution in [3.8, 4) is 0 Å². The van der Waals surface area contributed by atoms with Crippen molar-refractivity contribution in [2.75, 3.05) is 33.2 Å². The molecule has 28 heavy (non-hydrogen) atoms. The second-order valence-electron chi connectivity index (χ2n) is 7.98. The molecule has 0 aromatic heterocycles. The maximum absolute atomic E-state index is 12.9. The molecular weight excluding hydrogens is 398 g/mol. The van der Waals surface area contributed by atoms with E-state index in [0.717, 1.165) is 17.7 Å². The number of likely N-dealkylation sites (N-methyl/N-ethyl adjacent to an activating group) is 1. The summed E-state index contributed by atoms with van der Waals surface area (Å²) in [5.41, 5.74) is 0. The molecule has 1 heterocycles. The van der Waals surface area contributed by atoms with Gasteiger partial charge < -0.3 is 9.80 Å². The first-order valence-corrected chi connectivity index (χ1v) is 12.0. The van der Waals surface area contributed by atoms with Crippen LogP contribution in [0.3, 0.4) is 0 Å². The Hall–Kier alpha value is -1.15. The molecule has 0 spiro atoms. The van der Waals surface area contributed by atoms with E-state index >= 15 is 0 Å². The number of hydrogen-bond donors (Lipinski definition) is 1. The molecule has 1 saturated heterocycles. The van der Waals surface area contributed by atoms with E-state index in [9.17, 15) is 13.2 Å². The zero-order valence-electron chi connectivity index (χ0n) is 16.7. The van der Waals surface area contributed by atoms with Crippen molar-refractivity contribution in [2.45, 2.75) is 56.0 Å². The number of rotatable bonds is 5. The lowest BCUT2D eigenvalue weighted by Gasteiger charge is -2.37. The minimum Gasteiger partial charge on any atom is -0.338 e. The number of sulfonamides is 1. The second-order valence-corrected chi connectivity index (χ2v) is 10.4. The van der Waals surface area contributed by atoms with E-state index in [4.69, 9.17) is 11.6 Å². The molecule has 0 radical (unpaired) electrons. The minimum atomic E-state index is -3.52. The molecular formula is C20H31ClN3O3S+. The van der Waals surface area contributed by atoms with E-state index in [-0.39, 0.29) is 16.8 Å². The molecule has 2 aliphatic rings. The predicted molar refractivity (Wildman–Crippen MR) is 110 cm³/mol. The highest BCUT2D eigenvalue weighted by Gasteiger charge is 2.36. The summed E-state index contributed by atoms with van der Waals surface area (Å²) in [5.74, 6) is 0.177. The number of amides is 1. The number of halogens is 1. The minimum absolute atomic E-state index is 0.146. The van der Waals surface area contributed by atoms with Crippen LogP contribution in [0.2, 0.25) is 5.02 Å². The van der Waals surface area contributed by atoms with Crippen LogP contribution in [0.15, 0.2) is 29.2 Å². The maximum atomic E-state index is 12.9. The lowest BCUT2D eigenvalue weighted by atomic mass is 9.94. The molecule has 1 aromatic carbocycles. The Balaban J connectivity index is 1.58. The van der Waals surface area contributed by atoms with Gasteiger partial charge in [-0.15, -0.1) is 0 Å². The van der Waals surface area contributed by atoms with E-state index in [1.165, 1.54) is 23.6 Å². The topological polar surface area (TPSA) is 62.1 Å². The van der Waals surface area contributed by atoms with Crippen LogP contribution in [0.4, 0.5) is 0 Å². The molecule has 1 aliphatic heterocycles. The standard InChI is InChI=1S/C20H30ClN3O3S/c1-16(20(25)22(2)18-6-4-3-5-7-18)23-12-14-24(15-13-23)28(26,27)19-10-8-17(21)9-11-19/h8-11,16,18H,3-7,12-15H2,1-2H3/p+1/t16-/m0/s1. The van der Waals surface area contributed by atoms with Crippen molar-refractivity contribution in [1.82, 2.24) is 9.21 Å². The van der Waals surface area contributed by atoms with Gasteiger partial charge in [0.25, 0.3) is 5.91 Å². The Kier molecular flexibility index (Phi) is 7.02. The fraction of sp³-hybridized carbons (Fsp3) is 0.650. The van der Waals surface area contributed by atoms with Gasteiger partial charge in [-0.3, -0.25) is 4.79 Å². The number of piperazine rings is 1. The largest absolute Gasteiger partial charge is 0.338 e. The van der Waals surface area contributed by atoms with E-state index in [1.807, 2.05) is 18.9 Å². The first kappa shape index (κ1) is 21.6. The van der Waals surface area contributed by atoms with Crippen LogP contribution in [-0.2, 0) is 14.8 Å². The first-order valence-electron chi connectivity index (χ1n) is 10.2. The van der Waals surface area contributed by atoms with Crippen LogP contribution in [-0.4, -0.2) is 68.8 Å². The Morgan fingerprint density at radius 3 is 2.29 bits per heavy atom. The molecule has 1 N–H and O–H groups in total. The molecule has 1 aliphatic carbocycles. The molecule has 1 saturated carbocycles. The predicted octanol–water partition coefficient (Wildman–Crippen LogP) is 1.41. The van der Waals surface area contributed by atoms with Gasteiger partial charge in [-0.2, -0.15) is 4.31 Å². The quantitative estimate of drug-likeness (QED) is 0.771. The van der Waals surface area contributed by atoms with Gasteiger partial charge in [-0.05, 0) is 44.0 Å². The molecule has 6 nitrogen and oxygen atoms in total. The Morgan fingerprint density at radius 2 is 1.71 bits per heavy atom. The lowest BCUT2D eigenvalue weighted by molar-refractivity contribution is -0.918. The number of quaternary nitrogens is 1. The fourth-order valence-corrected chi connectivity index (χ4v) is 5.90. The summed E-state index contributed by atoms with van der Waals surface area (Å²) >= 11 is 5.87. The summed E-state index contributed by atoms with van der Waals surface area (Å²) in [6.07, 6.45) is 5.85. The van der Waals surface area contributed by atoms with Gasteiger partial charge in [-0.25, -0.2) is 8.42 Å². The number of nitrogens with zero attached hydrogens (tertiary/aromatic N) is 2.